The van der Waals surface area contributed by atoms with Crippen molar-refractivity contribution in [2.24, 2.45) is 0 Å². The maximum Gasteiger partial charge on any atom is 0.573 e. The predicted octanol–water partition coefficient (Wildman–Crippen LogP) is 3.75. The molecule has 0 aliphatic carbocycles. The van der Waals surface area contributed by atoms with Crippen molar-refractivity contribution in [2.45, 2.75) is 25.3 Å². The SMILES string of the molecule is Cl.Fc1ccc(OC(F)(F)F)cc1[C@@H](CC(F)F)N1CCNCC1. The number of nitrogens with one attached hydrogen (secondary N) is 1. The van der Waals surface area contributed by atoms with Gasteiger partial charge < -0.3 is 10.1 Å². The normalized spacial score (nSPS) is 17.5. The molecule has 0 amide bonds. The lowest BCUT2D eigenvalue weighted by atomic mass is 10.00. The molecule has 0 spiro atoms. The Hall–Kier alpha value is -1.19. The Morgan fingerprint density at radius 2 is 1.79 bits per heavy atom. The molecule has 0 unspecified atom stereocenters. The molecule has 0 radical (unpaired) electrons. The molecular weight excluding hydrogens is 362 g/mol. The number of piperazine rings is 1. The zero-order valence-corrected chi connectivity index (χ0v) is 13.3. The molecule has 1 atom stereocenters. The molecule has 1 saturated heterocycles. The minimum Gasteiger partial charge on any atom is -0.406 e. The number of hydrogen-bond acceptors (Lipinski definition) is 3. The quantitative estimate of drug-likeness (QED) is 0.790. The fraction of sp³-hybridized carbons (Fsp3) is 0.571. The van der Waals surface area contributed by atoms with Crippen LogP contribution in [0.15, 0.2) is 18.2 Å². The van der Waals surface area contributed by atoms with Gasteiger partial charge in [-0.2, -0.15) is 0 Å². The number of nitrogens with zero attached hydrogens (tertiary/aromatic N) is 1. The largest absolute Gasteiger partial charge is 0.573 e. The molecule has 0 aromatic heterocycles. The Kier molecular flexibility index (Phi) is 7.62. The summed E-state index contributed by atoms with van der Waals surface area (Å²) in [4.78, 5) is 1.64. The van der Waals surface area contributed by atoms with Crippen LogP contribution >= 0.6 is 12.4 Å². The number of ether oxygens (including phenoxy) is 1. The second kappa shape index (κ2) is 8.77. The van der Waals surface area contributed by atoms with E-state index in [0.717, 1.165) is 18.2 Å². The van der Waals surface area contributed by atoms with Gasteiger partial charge in [0.2, 0.25) is 6.43 Å². The summed E-state index contributed by atoms with van der Waals surface area (Å²) in [5, 5.41) is 3.04. The van der Waals surface area contributed by atoms with Crippen molar-refractivity contribution in [3.05, 3.63) is 29.6 Å². The van der Waals surface area contributed by atoms with Crippen LogP contribution in [-0.2, 0) is 0 Å². The highest BCUT2D eigenvalue weighted by atomic mass is 35.5. The molecule has 0 bridgehead atoms. The van der Waals surface area contributed by atoms with E-state index in [1.54, 1.807) is 4.90 Å². The number of alkyl halides is 5. The summed E-state index contributed by atoms with van der Waals surface area (Å²) < 4.78 is 80.3. The highest BCUT2D eigenvalue weighted by Gasteiger charge is 2.33. The smallest absolute Gasteiger partial charge is 0.406 e. The monoisotopic (exact) mass is 378 g/mol. The van der Waals surface area contributed by atoms with E-state index in [0.29, 0.717) is 26.2 Å². The van der Waals surface area contributed by atoms with Crippen LogP contribution in [0.2, 0.25) is 0 Å². The molecule has 2 rings (SSSR count). The van der Waals surface area contributed by atoms with Gasteiger partial charge in [-0.25, -0.2) is 13.2 Å². The van der Waals surface area contributed by atoms with Crippen molar-refractivity contribution in [1.29, 1.82) is 0 Å². The fourth-order valence-corrected chi connectivity index (χ4v) is 2.61. The molecule has 1 N–H and O–H groups in total. The number of hydrogen-bond donors (Lipinski definition) is 1. The highest BCUT2D eigenvalue weighted by Crippen LogP contribution is 2.33. The molecule has 10 heteroatoms. The van der Waals surface area contributed by atoms with Gasteiger partial charge in [-0.3, -0.25) is 4.90 Å². The second-order valence-corrected chi connectivity index (χ2v) is 5.16. The van der Waals surface area contributed by atoms with E-state index >= 15 is 0 Å². The van der Waals surface area contributed by atoms with Crippen molar-refractivity contribution >= 4 is 12.4 Å². The topological polar surface area (TPSA) is 24.5 Å². The zero-order chi connectivity index (χ0) is 17.0. The standard InChI is InChI=1S/C14H16F6N2O.ClH/c15-11-2-1-9(23-14(18,19)20)7-10(11)12(8-13(16)17)22-5-3-21-4-6-22;/h1-2,7,12-13,21H,3-6,8H2;1H/t12-;/m1./s1. The molecule has 0 saturated carbocycles. The second-order valence-electron chi connectivity index (χ2n) is 5.16. The van der Waals surface area contributed by atoms with Gasteiger partial charge in [-0.05, 0) is 18.2 Å². The summed E-state index contributed by atoms with van der Waals surface area (Å²) in [6, 6.07) is 1.47. The lowest BCUT2D eigenvalue weighted by molar-refractivity contribution is -0.274. The molecule has 1 aliphatic heterocycles. The average Bonchev–Trinajstić information content (AvgIpc) is 2.46. The zero-order valence-electron chi connectivity index (χ0n) is 12.5. The van der Waals surface area contributed by atoms with Gasteiger partial charge in [0.25, 0.3) is 0 Å². The summed E-state index contributed by atoms with van der Waals surface area (Å²) in [6.07, 6.45) is -8.30. The van der Waals surface area contributed by atoms with E-state index in [1.807, 2.05) is 0 Å². The first-order chi connectivity index (χ1) is 10.8. The summed E-state index contributed by atoms with van der Waals surface area (Å²) in [7, 11) is 0. The molecule has 3 nitrogen and oxygen atoms in total. The van der Waals surface area contributed by atoms with E-state index in [2.05, 4.69) is 10.1 Å². The van der Waals surface area contributed by atoms with Gasteiger partial charge in [-0.1, -0.05) is 0 Å². The Balaban J connectivity index is 0.00000288. The van der Waals surface area contributed by atoms with Gasteiger partial charge in [0.15, 0.2) is 0 Å². The van der Waals surface area contributed by atoms with Crippen molar-refractivity contribution in [2.75, 3.05) is 26.2 Å². The van der Waals surface area contributed by atoms with E-state index < -0.39 is 36.8 Å². The van der Waals surface area contributed by atoms with Crippen LogP contribution < -0.4 is 10.1 Å². The first kappa shape index (κ1) is 20.9. The molecule has 24 heavy (non-hydrogen) atoms. The first-order valence-electron chi connectivity index (χ1n) is 7.04. The van der Waals surface area contributed by atoms with E-state index in [1.165, 1.54) is 0 Å². The predicted molar refractivity (Wildman–Crippen MR) is 78.1 cm³/mol. The first-order valence-corrected chi connectivity index (χ1v) is 7.04. The average molecular weight is 379 g/mol. The van der Waals surface area contributed by atoms with Crippen LogP contribution in [0.5, 0.6) is 5.75 Å². The van der Waals surface area contributed by atoms with Crippen molar-refractivity contribution in [3.8, 4) is 5.75 Å². The minimum absolute atomic E-state index is 0. The van der Waals surface area contributed by atoms with Crippen molar-refractivity contribution in [3.63, 3.8) is 0 Å². The summed E-state index contributed by atoms with van der Waals surface area (Å²) in [5.74, 6) is -1.45. The van der Waals surface area contributed by atoms with Crippen LogP contribution in [-0.4, -0.2) is 43.9 Å². The van der Waals surface area contributed by atoms with Crippen LogP contribution in [0.1, 0.15) is 18.0 Å². The molecule has 138 valence electrons. The minimum atomic E-state index is -4.93. The van der Waals surface area contributed by atoms with Crippen LogP contribution in [0.4, 0.5) is 26.3 Å². The van der Waals surface area contributed by atoms with E-state index in [-0.39, 0.29) is 18.0 Å². The number of benzene rings is 1. The Labute approximate surface area is 141 Å². The Morgan fingerprint density at radius 3 is 2.33 bits per heavy atom. The van der Waals surface area contributed by atoms with Crippen LogP contribution in [0.25, 0.3) is 0 Å². The lowest BCUT2D eigenvalue weighted by Crippen LogP contribution is -2.45. The van der Waals surface area contributed by atoms with Gasteiger partial charge in [0, 0.05) is 44.2 Å². The maximum absolute atomic E-state index is 14.0. The third-order valence-electron chi connectivity index (χ3n) is 3.55. The maximum atomic E-state index is 14.0. The molecule has 1 heterocycles. The molecule has 1 aliphatic rings. The van der Waals surface area contributed by atoms with Gasteiger partial charge in [0.05, 0.1) is 0 Å². The van der Waals surface area contributed by atoms with Crippen LogP contribution in [0.3, 0.4) is 0 Å². The van der Waals surface area contributed by atoms with E-state index in [4.69, 9.17) is 0 Å². The Bertz CT molecular complexity index is 522. The van der Waals surface area contributed by atoms with Crippen molar-refractivity contribution < 1.29 is 31.1 Å². The third kappa shape index (κ3) is 6.03. The van der Waals surface area contributed by atoms with E-state index in [9.17, 15) is 26.3 Å². The summed E-state index contributed by atoms with van der Waals surface area (Å²) in [5.41, 5.74) is -0.214. The molecular formula is C14H17ClF6N2O. The summed E-state index contributed by atoms with van der Waals surface area (Å²) in [6.45, 7) is 1.89. The summed E-state index contributed by atoms with van der Waals surface area (Å²) >= 11 is 0. The lowest BCUT2D eigenvalue weighted by Gasteiger charge is -2.35. The molecule has 1 aromatic rings. The number of halogens is 7. The van der Waals surface area contributed by atoms with Crippen LogP contribution in [0, 0.1) is 5.82 Å². The Morgan fingerprint density at radius 1 is 1.17 bits per heavy atom. The van der Waals surface area contributed by atoms with Crippen molar-refractivity contribution in [1.82, 2.24) is 10.2 Å². The fourth-order valence-electron chi connectivity index (χ4n) is 2.61. The highest BCUT2D eigenvalue weighted by molar-refractivity contribution is 5.85. The number of rotatable bonds is 5. The van der Waals surface area contributed by atoms with Gasteiger partial charge >= 0.3 is 6.36 Å². The van der Waals surface area contributed by atoms with Gasteiger partial charge in [0.1, 0.15) is 11.6 Å². The molecule has 1 aromatic carbocycles. The molecule has 1 fully saturated rings. The third-order valence-corrected chi connectivity index (χ3v) is 3.55. The van der Waals surface area contributed by atoms with Gasteiger partial charge in [-0.15, -0.1) is 25.6 Å².